The first-order valence-corrected chi connectivity index (χ1v) is 5.01. The summed E-state index contributed by atoms with van der Waals surface area (Å²) >= 11 is 1.83. The topological polar surface area (TPSA) is 38.4 Å². The second-order valence-electron chi connectivity index (χ2n) is 3.07. The third-order valence-corrected chi connectivity index (χ3v) is 2.12. The van der Waals surface area contributed by atoms with E-state index in [9.17, 15) is 0 Å². The summed E-state index contributed by atoms with van der Waals surface area (Å²) in [6.07, 6.45) is 0. The number of amidine groups is 1. The number of nitrogens with two attached hydrogens (primary N) is 1. The number of rotatable bonds is 4. The maximum absolute atomic E-state index is 5.65. The Kier molecular flexibility index (Phi) is 5.38. The van der Waals surface area contributed by atoms with E-state index >= 15 is 0 Å². The normalized spacial score (nSPS) is 13.1. The van der Waals surface area contributed by atoms with Crippen molar-refractivity contribution >= 4 is 17.6 Å². The molecule has 0 bridgehead atoms. The van der Waals surface area contributed by atoms with Gasteiger partial charge in [0.15, 0.2) is 0 Å². The molecule has 2 nitrogen and oxygen atoms in total. The predicted molar refractivity (Wildman–Crippen MR) is 54.4 cm³/mol. The lowest BCUT2D eigenvalue weighted by Gasteiger charge is -2.05. The van der Waals surface area contributed by atoms with Crippen LogP contribution in [0.15, 0.2) is 4.99 Å². The zero-order chi connectivity index (χ0) is 8.85. The molecule has 0 atom stereocenters. The highest BCUT2D eigenvalue weighted by Gasteiger charge is 1.97. The first-order valence-electron chi connectivity index (χ1n) is 3.96. The molecular formula is C8H18N2S. The maximum atomic E-state index is 5.65. The summed E-state index contributed by atoms with van der Waals surface area (Å²) in [5.74, 6) is 1.62. The summed E-state index contributed by atoms with van der Waals surface area (Å²) in [4.78, 5) is 4.22. The van der Waals surface area contributed by atoms with E-state index in [2.05, 4.69) is 18.8 Å². The summed E-state index contributed by atoms with van der Waals surface area (Å²) in [5.41, 5.74) is 5.65. The average Bonchev–Trinajstić information content (AvgIpc) is 1.82. The van der Waals surface area contributed by atoms with Gasteiger partial charge in [-0.25, -0.2) is 0 Å². The number of thioether (sulfide) groups is 1. The Morgan fingerprint density at radius 3 is 2.27 bits per heavy atom. The molecular weight excluding hydrogens is 156 g/mol. The van der Waals surface area contributed by atoms with Crippen molar-refractivity contribution in [1.82, 2.24) is 0 Å². The van der Waals surface area contributed by atoms with Crippen molar-refractivity contribution in [1.29, 1.82) is 0 Å². The molecule has 0 heterocycles. The van der Waals surface area contributed by atoms with Crippen LogP contribution in [0, 0.1) is 0 Å². The van der Waals surface area contributed by atoms with Crippen molar-refractivity contribution in [2.45, 2.75) is 39.0 Å². The lowest BCUT2D eigenvalue weighted by Crippen LogP contribution is -2.17. The zero-order valence-corrected chi connectivity index (χ0v) is 8.61. The van der Waals surface area contributed by atoms with Crippen LogP contribution in [0.3, 0.4) is 0 Å². The fraction of sp³-hybridized carbons (Fsp3) is 0.875. The van der Waals surface area contributed by atoms with Gasteiger partial charge in [-0.3, -0.25) is 4.99 Å². The number of hydrogen-bond acceptors (Lipinski definition) is 2. The largest absolute Gasteiger partial charge is 0.387 e. The first-order chi connectivity index (χ1) is 5.02. The monoisotopic (exact) mass is 174 g/mol. The molecule has 0 fully saturated rings. The molecule has 0 spiro atoms. The van der Waals surface area contributed by atoms with Gasteiger partial charge in [-0.05, 0) is 19.1 Å². The summed E-state index contributed by atoms with van der Waals surface area (Å²) < 4.78 is 0. The minimum absolute atomic E-state index is 0.322. The van der Waals surface area contributed by atoms with Crippen molar-refractivity contribution in [3.05, 3.63) is 0 Å². The minimum Gasteiger partial charge on any atom is -0.387 e. The molecule has 66 valence electrons. The second-order valence-corrected chi connectivity index (χ2v) is 4.64. The number of hydrogen-bond donors (Lipinski definition) is 1. The lowest BCUT2D eigenvalue weighted by atomic mass is 10.4. The van der Waals surface area contributed by atoms with Gasteiger partial charge in [0, 0.05) is 6.04 Å². The van der Waals surface area contributed by atoms with E-state index in [-0.39, 0.29) is 0 Å². The van der Waals surface area contributed by atoms with Crippen molar-refractivity contribution < 1.29 is 0 Å². The summed E-state index contributed by atoms with van der Waals surface area (Å²) in [7, 11) is 0. The minimum atomic E-state index is 0.322. The Balaban J connectivity index is 3.59. The molecule has 3 heteroatoms. The highest BCUT2D eigenvalue weighted by Crippen LogP contribution is 2.07. The average molecular weight is 174 g/mol. The van der Waals surface area contributed by atoms with E-state index in [0.29, 0.717) is 11.3 Å². The van der Waals surface area contributed by atoms with Gasteiger partial charge in [0.05, 0.1) is 5.75 Å². The van der Waals surface area contributed by atoms with Gasteiger partial charge in [-0.15, -0.1) is 0 Å². The summed E-state index contributed by atoms with van der Waals surface area (Å²) in [6, 6.07) is 0.322. The standard InChI is InChI=1S/C8H18N2S/c1-6(2)10-8(9)5-11-7(3)4/h6-7H,5H2,1-4H3,(H2,9,10). The van der Waals surface area contributed by atoms with Gasteiger partial charge in [0.1, 0.15) is 5.84 Å². The van der Waals surface area contributed by atoms with E-state index in [4.69, 9.17) is 5.73 Å². The Labute approximate surface area is 73.7 Å². The summed E-state index contributed by atoms with van der Waals surface area (Å²) in [5, 5.41) is 0.635. The highest BCUT2D eigenvalue weighted by atomic mass is 32.2. The van der Waals surface area contributed by atoms with E-state index in [1.165, 1.54) is 0 Å². The first kappa shape index (κ1) is 10.8. The molecule has 0 aliphatic rings. The van der Waals surface area contributed by atoms with Crippen LogP contribution in [0.1, 0.15) is 27.7 Å². The highest BCUT2D eigenvalue weighted by molar-refractivity contribution is 8.00. The molecule has 0 aromatic carbocycles. The van der Waals surface area contributed by atoms with Crippen molar-refractivity contribution in [2.24, 2.45) is 10.7 Å². The van der Waals surface area contributed by atoms with Crippen LogP contribution in [-0.2, 0) is 0 Å². The van der Waals surface area contributed by atoms with E-state index in [0.717, 1.165) is 11.6 Å². The van der Waals surface area contributed by atoms with Crippen LogP contribution >= 0.6 is 11.8 Å². The van der Waals surface area contributed by atoms with Gasteiger partial charge in [-0.2, -0.15) is 11.8 Å². The molecule has 0 aromatic heterocycles. The van der Waals surface area contributed by atoms with Crippen molar-refractivity contribution in [3.8, 4) is 0 Å². The van der Waals surface area contributed by atoms with Gasteiger partial charge >= 0.3 is 0 Å². The Bertz CT molecular complexity index is 130. The molecule has 2 N–H and O–H groups in total. The third kappa shape index (κ3) is 7.72. The van der Waals surface area contributed by atoms with Crippen LogP contribution in [0.2, 0.25) is 0 Å². The zero-order valence-electron chi connectivity index (χ0n) is 7.79. The van der Waals surface area contributed by atoms with Crippen LogP contribution in [-0.4, -0.2) is 22.9 Å². The molecule has 0 aliphatic carbocycles. The molecule has 0 saturated carbocycles. The quantitative estimate of drug-likeness (QED) is 0.522. The van der Waals surface area contributed by atoms with Crippen LogP contribution in [0.4, 0.5) is 0 Å². The third-order valence-electron chi connectivity index (χ3n) is 0.989. The van der Waals surface area contributed by atoms with Crippen LogP contribution in [0.5, 0.6) is 0 Å². The van der Waals surface area contributed by atoms with Crippen molar-refractivity contribution in [3.63, 3.8) is 0 Å². The Morgan fingerprint density at radius 2 is 1.91 bits per heavy atom. The van der Waals surface area contributed by atoms with E-state index < -0.39 is 0 Å². The van der Waals surface area contributed by atoms with Gasteiger partial charge < -0.3 is 5.73 Å². The lowest BCUT2D eigenvalue weighted by molar-refractivity contribution is 0.833. The smallest absolute Gasteiger partial charge is 0.104 e. The predicted octanol–water partition coefficient (Wildman–Crippen LogP) is 1.89. The van der Waals surface area contributed by atoms with E-state index in [1.807, 2.05) is 25.6 Å². The van der Waals surface area contributed by atoms with Crippen LogP contribution < -0.4 is 5.73 Å². The molecule has 0 rings (SSSR count). The Morgan fingerprint density at radius 1 is 1.36 bits per heavy atom. The van der Waals surface area contributed by atoms with Gasteiger partial charge in [0.25, 0.3) is 0 Å². The SMILES string of the molecule is CC(C)N=C(N)CSC(C)C. The molecule has 0 aliphatic heterocycles. The molecule has 0 aromatic rings. The fourth-order valence-electron chi connectivity index (χ4n) is 0.621. The molecule has 0 saturated heterocycles. The van der Waals surface area contributed by atoms with E-state index in [1.54, 1.807) is 0 Å². The van der Waals surface area contributed by atoms with Crippen LogP contribution in [0.25, 0.3) is 0 Å². The fourth-order valence-corrected chi connectivity index (χ4v) is 1.20. The Hall–Kier alpha value is -0.180. The maximum Gasteiger partial charge on any atom is 0.104 e. The molecule has 0 radical (unpaired) electrons. The van der Waals surface area contributed by atoms with Gasteiger partial charge in [-0.1, -0.05) is 13.8 Å². The van der Waals surface area contributed by atoms with Crippen molar-refractivity contribution in [2.75, 3.05) is 5.75 Å². The number of nitrogens with zero attached hydrogens (tertiary/aromatic N) is 1. The second kappa shape index (κ2) is 5.47. The molecule has 0 unspecified atom stereocenters. The molecule has 11 heavy (non-hydrogen) atoms. The number of aliphatic imine (C=N–C) groups is 1. The summed E-state index contributed by atoms with van der Waals surface area (Å²) in [6.45, 7) is 8.39. The molecule has 0 amide bonds. The van der Waals surface area contributed by atoms with Gasteiger partial charge in [0.2, 0.25) is 0 Å².